The molecule has 428 valence electrons. The van der Waals surface area contributed by atoms with Crippen molar-refractivity contribution in [1.82, 2.24) is 5.32 Å². The molecule has 4 aliphatic rings. The van der Waals surface area contributed by atoms with Gasteiger partial charge in [-0.25, -0.2) is 4.79 Å². The maximum Gasteiger partial charge on any atom is 0.328 e. The highest BCUT2D eigenvalue weighted by molar-refractivity contribution is 5.81. The van der Waals surface area contributed by atoms with Gasteiger partial charge in [-0.1, -0.05) is 124 Å². The van der Waals surface area contributed by atoms with E-state index in [4.69, 9.17) is 52.5 Å². The Hall–Kier alpha value is -4.71. The van der Waals surface area contributed by atoms with E-state index in [0.29, 0.717) is 12.0 Å². The Kier molecular flexibility index (Phi) is 24.6. The summed E-state index contributed by atoms with van der Waals surface area (Å²) < 4.78 is 61.1. The first kappa shape index (κ1) is 63.1. The summed E-state index contributed by atoms with van der Waals surface area (Å²) in [5.41, 5.74) is 0.294. The summed E-state index contributed by atoms with van der Waals surface area (Å²) in [6, 6.07) is 8.83. The summed E-state index contributed by atoms with van der Waals surface area (Å²) in [7, 11) is 4.62. The fraction of sp³-hybridized carbons (Fsp3) is 0.603. The average Bonchev–Trinajstić information content (AvgIpc) is 3.78. The molecule has 4 saturated heterocycles. The van der Waals surface area contributed by atoms with Gasteiger partial charge in [0.1, 0.15) is 30.3 Å². The van der Waals surface area contributed by atoms with E-state index in [1.54, 1.807) is 126 Å². The molecule has 1 amide bonds. The maximum atomic E-state index is 14.8. The van der Waals surface area contributed by atoms with Crippen LogP contribution in [0.4, 0.5) is 0 Å². The third kappa shape index (κ3) is 17.1. The van der Waals surface area contributed by atoms with Gasteiger partial charge >= 0.3 is 11.9 Å². The molecular weight excluding hydrogens is 999 g/mol. The lowest BCUT2D eigenvalue weighted by Gasteiger charge is -2.54. The number of hydrogen-bond donors (Lipinski definition) is 6. The van der Waals surface area contributed by atoms with Crippen molar-refractivity contribution in [2.75, 3.05) is 34.5 Å². The van der Waals surface area contributed by atoms with Gasteiger partial charge in [-0.05, 0) is 38.8 Å². The minimum atomic E-state index is -2.69. The van der Waals surface area contributed by atoms with Gasteiger partial charge in [0.2, 0.25) is 11.7 Å². The molecule has 0 saturated carbocycles. The molecule has 77 heavy (non-hydrogen) atoms. The molecule has 4 heterocycles. The van der Waals surface area contributed by atoms with Crippen LogP contribution in [-0.4, -0.2) is 176 Å². The molecule has 18 atom stereocenters. The van der Waals surface area contributed by atoms with E-state index in [1.165, 1.54) is 20.3 Å². The number of methoxy groups -OCH3 is 3. The highest BCUT2D eigenvalue weighted by Gasteiger charge is 2.63. The molecule has 19 heteroatoms. The lowest BCUT2D eigenvalue weighted by atomic mass is 9.71. The molecule has 6 N–H and O–H groups in total. The molecule has 4 fully saturated rings. The minimum absolute atomic E-state index is 0.0451. The Morgan fingerprint density at radius 1 is 0.857 bits per heavy atom. The van der Waals surface area contributed by atoms with Crippen LogP contribution in [0.25, 0.3) is 0 Å². The second-order valence-electron chi connectivity index (χ2n) is 20.6. The van der Waals surface area contributed by atoms with Crippen LogP contribution in [-0.2, 0) is 68.2 Å². The monoisotopic (exact) mass is 1080 g/mol. The summed E-state index contributed by atoms with van der Waals surface area (Å²) in [5, 5.41) is 58.2. The average molecular weight is 1080 g/mol. The molecule has 1 aromatic rings. The molecule has 4 aliphatic heterocycles. The van der Waals surface area contributed by atoms with Gasteiger partial charge in [-0.15, -0.1) is 0 Å². The van der Waals surface area contributed by atoms with Gasteiger partial charge in [0.15, 0.2) is 18.7 Å². The first-order valence-corrected chi connectivity index (χ1v) is 26.3. The molecule has 0 bridgehead atoms. The molecule has 0 aliphatic carbocycles. The number of aliphatic hydroxyl groups excluding tert-OH is 3. The Bertz CT molecular complexity index is 2240. The van der Waals surface area contributed by atoms with Gasteiger partial charge in [-0.2, -0.15) is 0 Å². The van der Waals surface area contributed by atoms with Crippen LogP contribution in [0.1, 0.15) is 73.3 Å². The molecule has 0 unspecified atom stereocenters. The number of esters is 1. The van der Waals surface area contributed by atoms with Crippen molar-refractivity contribution in [3.63, 3.8) is 0 Å². The number of aliphatic carboxylic acids is 1. The van der Waals surface area contributed by atoms with E-state index in [0.717, 1.165) is 11.6 Å². The van der Waals surface area contributed by atoms with Crippen LogP contribution in [0.5, 0.6) is 0 Å². The summed E-state index contributed by atoms with van der Waals surface area (Å²) in [5.74, 6) is -7.12. The lowest BCUT2D eigenvalue weighted by molar-refractivity contribution is -0.368. The van der Waals surface area contributed by atoms with Crippen molar-refractivity contribution in [3.05, 3.63) is 120 Å². The quantitative estimate of drug-likeness (QED) is 0.0429. The van der Waals surface area contributed by atoms with Crippen molar-refractivity contribution in [1.29, 1.82) is 0 Å². The standard InChI is InChI=1S/C58H83NO18/c1-11-12-16-27-46-57(6,7)54(65)55(75-48(63)30-39-24-17-15-18-25-39)58(67,77-46)40(34-71-49-33-45(69-9)53(38(5)73-49)76-50-32-44(68-8)51(64)37(4)72-50)56(66)59-29-22-21-23-35(2)52(70-10)36(3)43-31-41(60)42(74-43)26-19-13-14-20-28-47(61)62/h11-28,36-38,40-46,49-55,60,64-65,67H,29-34H2,1-10H3,(H,59,66)(H,61,62)/b12-11-,14-13+,22-21-,26-19?,27-16+,28-20-,35-23+/t36-,37-,38+,40-,41+,42-,43-,44-,45+,46-,49+,50+,51+,52+,53-,54-,55-,58+/m0/s1. The highest BCUT2D eigenvalue weighted by atomic mass is 16.7. The van der Waals surface area contributed by atoms with Crippen LogP contribution < -0.4 is 5.32 Å². The van der Waals surface area contributed by atoms with Crippen molar-refractivity contribution < 1.29 is 87.3 Å². The lowest BCUT2D eigenvalue weighted by Crippen LogP contribution is -2.71. The minimum Gasteiger partial charge on any atom is -0.478 e. The van der Waals surface area contributed by atoms with Crippen LogP contribution >= 0.6 is 0 Å². The first-order chi connectivity index (χ1) is 36.7. The van der Waals surface area contributed by atoms with Crippen LogP contribution in [0.2, 0.25) is 0 Å². The topological polar surface area (TPSA) is 257 Å². The number of allylic oxidation sites excluding steroid dienone is 9. The van der Waals surface area contributed by atoms with E-state index in [1.807, 2.05) is 26.8 Å². The number of rotatable bonds is 25. The number of benzene rings is 1. The van der Waals surface area contributed by atoms with Crippen LogP contribution in [0.15, 0.2) is 115 Å². The summed E-state index contributed by atoms with van der Waals surface area (Å²) in [6.07, 6.45) is 9.73. The number of ether oxygens (including phenoxy) is 10. The molecule has 19 nitrogen and oxygen atoms in total. The number of nitrogens with one attached hydrogen (secondary N) is 1. The number of carbonyl (C=O) groups excluding carboxylic acids is 2. The van der Waals surface area contributed by atoms with Gasteiger partial charge in [0.05, 0.1) is 61.9 Å². The predicted molar refractivity (Wildman–Crippen MR) is 284 cm³/mol. The molecule has 5 rings (SSSR count). The van der Waals surface area contributed by atoms with E-state index in [9.17, 15) is 34.8 Å². The van der Waals surface area contributed by atoms with Crippen molar-refractivity contribution in [3.8, 4) is 0 Å². The number of carboxylic acids is 1. The third-order valence-electron chi connectivity index (χ3n) is 14.7. The molecule has 0 spiro atoms. The van der Waals surface area contributed by atoms with Crippen molar-refractivity contribution in [2.24, 2.45) is 17.3 Å². The fourth-order valence-electron chi connectivity index (χ4n) is 10.1. The Morgan fingerprint density at radius 2 is 1.53 bits per heavy atom. The van der Waals surface area contributed by atoms with Gasteiger partial charge in [0, 0.05) is 64.5 Å². The van der Waals surface area contributed by atoms with Crippen molar-refractivity contribution >= 4 is 17.8 Å². The summed E-state index contributed by atoms with van der Waals surface area (Å²) in [6.45, 7) is 12.0. The maximum absolute atomic E-state index is 14.8. The van der Waals surface area contributed by atoms with Crippen LogP contribution in [0.3, 0.4) is 0 Å². The van der Waals surface area contributed by atoms with E-state index >= 15 is 0 Å². The first-order valence-electron chi connectivity index (χ1n) is 26.3. The molecule has 1 aromatic carbocycles. The fourth-order valence-corrected chi connectivity index (χ4v) is 10.1. The summed E-state index contributed by atoms with van der Waals surface area (Å²) in [4.78, 5) is 39.2. The Labute approximate surface area is 453 Å². The van der Waals surface area contributed by atoms with Crippen LogP contribution in [0, 0.1) is 17.3 Å². The second kappa shape index (κ2) is 30.0. The zero-order valence-electron chi connectivity index (χ0n) is 46.0. The second-order valence-corrected chi connectivity index (χ2v) is 20.6. The van der Waals surface area contributed by atoms with Gasteiger partial charge in [-0.3, -0.25) is 9.59 Å². The number of aliphatic hydroxyl groups is 4. The largest absolute Gasteiger partial charge is 0.478 e. The third-order valence-corrected chi connectivity index (χ3v) is 14.7. The molecule has 0 aromatic heterocycles. The highest BCUT2D eigenvalue weighted by Crippen LogP contribution is 2.46. The van der Waals surface area contributed by atoms with Gasteiger partial charge in [0.25, 0.3) is 0 Å². The predicted octanol–water partition coefficient (Wildman–Crippen LogP) is 4.97. The van der Waals surface area contributed by atoms with E-state index in [2.05, 4.69) is 5.32 Å². The number of carboxylic acid groups (broad SMARTS) is 1. The SMILES string of the molecule is C/C=C\C=C\[C@@H]1O[C@](O)([C@@H](CO[C@H]2C[C@@H](OC)[C@@H](O[C@@H]3C[C@H](OC)[C@H](O)[C@H](C)O3)[C@@H](C)O2)C(=O)NC/C=C\C=C(/C)[C@@H](OC)[C@@H](C)[C@@H]2C[C@@H](O)[C@H](C=C/C=C/C=C\C(=O)O)O2)[C@@H](OC(=O)Cc2ccccc2)[C@H](O)C1(C)C. The van der Waals surface area contributed by atoms with Gasteiger partial charge < -0.3 is 78.2 Å². The summed E-state index contributed by atoms with van der Waals surface area (Å²) >= 11 is 0. The zero-order chi connectivity index (χ0) is 56.5. The molecular formula is C58H83NO18. The number of carbonyl (C=O) groups is 3. The van der Waals surface area contributed by atoms with E-state index < -0.39 is 127 Å². The Morgan fingerprint density at radius 3 is 2.21 bits per heavy atom. The molecule has 0 radical (unpaired) electrons. The number of hydrogen-bond acceptors (Lipinski definition) is 17. The van der Waals surface area contributed by atoms with Crippen molar-refractivity contribution in [2.45, 2.75) is 172 Å². The zero-order valence-corrected chi connectivity index (χ0v) is 46.0. The Balaban J connectivity index is 1.37. The number of amides is 1. The van der Waals surface area contributed by atoms with E-state index in [-0.39, 0.29) is 37.8 Å². The smallest absolute Gasteiger partial charge is 0.328 e. The normalized spacial score (nSPS) is 34.4.